The lowest BCUT2D eigenvalue weighted by Gasteiger charge is -2.13. The first-order valence-corrected chi connectivity index (χ1v) is 6.17. The molecule has 4 heteroatoms. The number of nitrogens with one attached hydrogen (secondary N) is 1. The summed E-state index contributed by atoms with van der Waals surface area (Å²) in [5.74, 6) is 1.75. The predicted molar refractivity (Wildman–Crippen MR) is 63.2 cm³/mol. The van der Waals surface area contributed by atoms with E-state index in [0.717, 1.165) is 31.1 Å². The van der Waals surface area contributed by atoms with Crippen molar-refractivity contribution >= 4 is 5.82 Å². The lowest BCUT2D eigenvalue weighted by molar-refractivity contribution is 0.619. The summed E-state index contributed by atoms with van der Waals surface area (Å²) >= 11 is 0. The molecule has 1 aromatic rings. The second-order valence-corrected chi connectivity index (χ2v) is 4.88. The highest BCUT2D eigenvalue weighted by atomic mass is 15.0. The summed E-state index contributed by atoms with van der Waals surface area (Å²) in [4.78, 5) is 8.64. The standard InChI is InChI=1S/C12H18N4/c13-10(8-4-5-8)6-14-12-9-2-1-3-11(9)15-7-16-12/h7-8,10H,1-6,13H2,(H,14,15,16). The molecule has 2 aliphatic carbocycles. The Kier molecular flexibility index (Phi) is 2.52. The number of aryl methyl sites for hydroxylation is 1. The highest BCUT2D eigenvalue weighted by molar-refractivity contribution is 5.48. The van der Waals surface area contributed by atoms with Gasteiger partial charge >= 0.3 is 0 Å². The SMILES string of the molecule is NC(CNc1ncnc2c1CCC2)C1CC1. The fourth-order valence-corrected chi connectivity index (χ4v) is 2.42. The maximum absolute atomic E-state index is 6.07. The van der Waals surface area contributed by atoms with Gasteiger partial charge in [-0.15, -0.1) is 0 Å². The van der Waals surface area contributed by atoms with E-state index in [9.17, 15) is 0 Å². The van der Waals surface area contributed by atoms with Gasteiger partial charge in [-0.25, -0.2) is 9.97 Å². The summed E-state index contributed by atoms with van der Waals surface area (Å²) in [6.45, 7) is 0.841. The molecule has 0 radical (unpaired) electrons. The summed E-state index contributed by atoms with van der Waals surface area (Å²) in [7, 11) is 0. The van der Waals surface area contributed by atoms with E-state index in [-0.39, 0.29) is 6.04 Å². The van der Waals surface area contributed by atoms with Crippen molar-refractivity contribution < 1.29 is 0 Å². The minimum atomic E-state index is 0.284. The molecule has 16 heavy (non-hydrogen) atoms. The van der Waals surface area contributed by atoms with Crippen molar-refractivity contribution in [2.45, 2.75) is 38.1 Å². The van der Waals surface area contributed by atoms with E-state index >= 15 is 0 Å². The van der Waals surface area contributed by atoms with Gasteiger partial charge in [0.05, 0.1) is 0 Å². The molecule has 0 aliphatic heterocycles. The van der Waals surface area contributed by atoms with E-state index in [1.54, 1.807) is 6.33 Å². The molecule has 86 valence electrons. The summed E-state index contributed by atoms with van der Waals surface area (Å²) < 4.78 is 0. The van der Waals surface area contributed by atoms with Crippen LogP contribution in [0.25, 0.3) is 0 Å². The Labute approximate surface area is 95.7 Å². The average Bonchev–Trinajstić information content (AvgIpc) is 3.04. The fraction of sp³-hybridized carbons (Fsp3) is 0.667. The Morgan fingerprint density at radius 1 is 1.38 bits per heavy atom. The Hall–Kier alpha value is -1.16. The van der Waals surface area contributed by atoms with Gasteiger partial charge in [-0.1, -0.05) is 0 Å². The van der Waals surface area contributed by atoms with Crippen LogP contribution in [0.2, 0.25) is 0 Å². The van der Waals surface area contributed by atoms with Crippen LogP contribution in [-0.4, -0.2) is 22.6 Å². The zero-order chi connectivity index (χ0) is 11.0. The topological polar surface area (TPSA) is 63.8 Å². The van der Waals surface area contributed by atoms with Crippen LogP contribution < -0.4 is 11.1 Å². The Morgan fingerprint density at radius 3 is 3.06 bits per heavy atom. The van der Waals surface area contributed by atoms with Gasteiger partial charge < -0.3 is 11.1 Å². The van der Waals surface area contributed by atoms with E-state index in [1.165, 1.54) is 30.5 Å². The third kappa shape index (κ3) is 1.89. The van der Waals surface area contributed by atoms with Crippen LogP contribution in [0.5, 0.6) is 0 Å². The molecular formula is C12H18N4. The van der Waals surface area contributed by atoms with Gasteiger partial charge in [0.2, 0.25) is 0 Å². The number of anilines is 1. The van der Waals surface area contributed by atoms with E-state index < -0.39 is 0 Å². The molecule has 0 aromatic carbocycles. The van der Waals surface area contributed by atoms with Gasteiger partial charge in [-0.05, 0) is 38.0 Å². The van der Waals surface area contributed by atoms with Gasteiger partial charge in [0.25, 0.3) is 0 Å². The molecule has 1 atom stereocenters. The number of nitrogens with zero attached hydrogens (tertiary/aromatic N) is 2. The first-order valence-electron chi connectivity index (χ1n) is 6.17. The molecule has 1 fully saturated rings. The third-order valence-corrected chi connectivity index (χ3v) is 3.61. The molecule has 3 rings (SSSR count). The van der Waals surface area contributed by atoms with Crippen molar-refractivity contribution in [3.63, 3.8) is 0 Å². The number of nitrogens with two attached hydrogens (primary N) is 1. The highest BCUT2D eigenvalue weighted by Gasteiger charge is 2.28. The zero-order valence-electron chi connectivity index (χ0n) is 9.45. The van der Waals surface area contributed by atoms with E-state index in [1.807, 2.05) is 0 Å². The van der Waals surface area contributed by atoms with Crippen LogP contribution in [0, 0.1) is 5.92 Å². The van der Waals surface area contributed by atoms with E-state index in [2.05, 4.69) is 15.3 Å². The number of hydrogen-bond acceptors (Lipinski definition) is 4. The second-order valence-electron chi connectivity index (χ2n) is 4.88. The zero-order valence-corrected chi connectivity index (χ0v) is 9.45. The van der Waals surface area contributed by atoms with Crippen molar-refractivity contribution in [2.24, 2.45) is 11.7 Å². The highest BCUT2D eigenvalue weighted by Crippen LogP contribution is 2.32. The molecule has 1 heterocycles. The molecule has 4 nitrogen and oxygen atoms in total. The van der Waals surface area contributed by atoms with Gasteiger partial charge in [0.1, 0.15) is 12.1 Å². The van der Waals surface area contributed by atoms with Crippen molar-refractivity contribution in [2.75, 3.05) is 11.9 Å². The van der Waals surface area contributed by atoms with Crippen LogP contribution in [-0.2, 0) is 12.8 Å². The first kappa shape index (κ1) is 10.0. The Morgan fingerprint density at radius 2 is 2.25 bits per heavy atom. The summed E-state index contributed by atoms with van der Waals surface area (Å²) in [6.07, 6.45) is 7.67. The summed E-state index contributed by atoms with van der Waals surface area (Å²) in [5.41, 5.74) is 8.60. The van der Waals surface area contributed by atoms with Crippen molar-refractivity contribution in [3.8, 4) is 0 Å². The van der Waals surface area contributed by atoms with Crippen LogP contribution in [0.15, 0.2) is 6.33 Å². The molecule has 0 saturated heterocycles. The lowest BCUT2D eigenvalue weighted by Crippen LogP contribution is -2.31. The molecular weight excluding hydrogens is 200 g/mol. The quantitative estimate of drug-likeness (QED) is 0.794. The number of aromatic nitrogens is 2. The van der Waals surface area contributed by atoms with Crippen LogP contribution >= 0.6 is 0 Å². The largest absolute Gasteiger partial charge is 0.368 e. The Bertz CT molecular complexity index is 387. The van der Waals surface area contributed by atoms with Crippen molar-refractivity contribution in [1.29, 1.82) is 0 Å². The monoisotopic (exact) mass is 218 g/mol. The predicted octanol–water partition coefficient (Wildman–Crippen LogP) is 1.11. The van der Waals surface area contributed by atoms with E-state index in [4.69, 9.17) is 5.73 Å². The van der Waals surface area contributed by atoms with Crippen molar-refractivity contribution in [1.82, 2.24) is 9.97 Å². The maximum atomic E-state index is 6.07. The fourth-order valence-electron chi connectivity index (χ4n) is 2.42. The lowest BCUT2D eigenvalue weighted by atomic mass is 10.2. The Balaban J connectivity index is 1.67. The van der Waals surface area contributed by atoms with Gasteiger partial charge in [-0.3, -0.25) is 0 Å². The molecule has 3 N–H and O–H groups in total. The first-order chi connectivity index (χ1) is 7.84. The summed E-state index contributed by atoms with van der Waals surface area (Å²) in [6, 6.07) is 0.284. The van der Waals surface area contributed by atoms with Gasteiger partial charge in [0.15, 0.2) is 0 Å². The smallest absolute Gasteiger partial charge is 0.132 e. The molecule has 1 aromatic heterocycles. The number of hydrogen-bond donors (Lipinski definition) is 2. The van der Waals surface area contributed by atoms with Gasteiger partial charge in [0, 0.05) is 23.8 Å². The minimum Gasteiger partial charge on any atom is -0.368 e. The molecule has 0 spiro atoms. The average molecular weight is 218 g/mol. The summed E-state index contributed by atoms with van der Waals surface area (Å²) in [5, 5.41) is 3.39. The molecule has 1 saturated carbocycles. The number of fused-ring (bicyclic) bond motifs is 1. The minimum absolute atomic E-state index is 0.284. The molecule has 1 unspecified atom stereocenters. The van der Waals surface area contributed by atoms with E-state index in [0.29, 0.717) is 0 Å². The molecule has 0 bridgehead atoms. The normalized spacial score (nSPS) is 20.6. The second kappa shape index (κ2) is 4.01. The van der Waals surface area contributed by atoms with Crippen LogP contribution in [0.4, 0.5) is 5.82 Å². The van der Waals surface area contributed by atoms with Crippen LogP contribution in [0.1, 0.15) is 30.5 Å². The molecule has 2 aliphatic rings. The number of rotatable bonds is 4. The van der Waals surface area contributed by atoms with Gasteiger partial charge in [-0.2, -0.15) is 0 Å². The van der Waals surface area contributed by atoms with Crippen molar-refractivity contribution in [3.05, 3.63) is 17.6 Å². The van der Waals surface area contributed by atoms with Crippen LogP contribution in [0.3, 0.4) is 0 Å². The third-order valence-electron chi connectivity index (χ3n) is 3.61. The molecule has 0 amide bonds. The maximum Gasteiger partial charge on any atom is 0.132 e.